The van der Waals surface area contributed by atoms with Crippen LogP contribution in [0.1, 0.15) is 19.8 Å². The molecule has 1 amide bonds. The lowest BCUT2D eigenvalue weighted by molar-refractivity contribution is -0.116. The molecule has 1 aromatic rings. The predicted octanol–water partition coefficient (Wildman–Crippen LogP) is 3.09. The van der Waals surface area contributed by atoms with Crippen molar-refractivity contribution in [2.75, 3.05) is 5.32 Å². The minimum atomic E-state index is -0.480. The van der Waals surface area contributed by atoms with E-state index in [1.54, 1.807) is 25.1 Å². The van der Waals surface area contributed by atoms with Gasteiger partial charge in [-0.2, -0.15) is 0 Å². The second-order valence-electron chi connectivity index (χ2n) is 3.56. The summed E-state index contributed by atoms with van der Waals surface area (Å²) in [5, 5.41) is 12.6. The molecule has 2 N–H and O–H groups in total. The highest BCUT2D eigenvalue weighted by Gasteiger charge is 2.07. The molecule has 16 heavy (non-hydrogen) atoms. The van der Waals surface area contributed by atoms with Gasteiger partial charge in [0.05, 0.1) is 16.8 Å². The van der Waals surface area contributed by atoms with Crippen LogP contribution in [0.15, 0.2) is 18.2 Å². The van der Waals surface area contributed by atoms with Crippen molar-refractivity contribution in [2.24, 2.45) is 0 Å². The molecule has 88 valence electrons. The number of nitrogens with one attached hydrogen (secondary N) is 1. The van der Waals surface area contributed by atoms with Crippen LogP contribution in [0, 0.1) is 0 Å². The SMILES string of the molecule is CC(O)CCC(=O)Nc1ccc(Cl)cc1Cl. The monoisotopic (exact) mass is 261 g/mol. The zero-order valence-electron chi connectivity index (χ0n) is 8.84. The van der Waals surface area contributed by atoms with Crippen LogP contribution in [0.25, 0.3) is 0 Å². The first kappa shape index (κ1) is 13.3. The van der Waals surface area contributed by atoms with Crippen LogP contribution in [0.3, 0.4) is 0 Å². The molecule has 0 aromatic heterocycles. The second-order valence-corrected chi connectivity index (χ2v) is 4.40. The molecule has 1 aromatic carbocycles. The van der Waals surface area contributed by atoms with Crippen LogP contribution in [-0.2, 0) is 4.79 Å². The summed E-state index contributed by atoms with van der Waals surface area (Å²) in [5.41, 5.74) is 0.529. The number of carbonyl (C=O) groups is 1. The van der Waals surface area contributed by atoms with Crippen LogP contribution in [0.5, 0.6) is 0 Å². The van der Waals surface area contributed by atoms with E-state index in [2.05, 4.69) is 5.32 Å². The van der Waals surface area contributed by atoms with Crippen molar-refractivity contribution in [3.05, 3.63) is 28.2 Å². The highest BCUT2D eigenvalue weighted by atomic mass is 35.5. The molecule has 0 saturated heterocycles. The number of hydrogen-bond donors (Lipinski definition) is 2. The first-order valence-corrected chi connectivity index (χ1v) is 5.67. The van der Waals surface area contributed by atoms with Crippen molar-refractivity contribution in [3.8, 4) is 0 Å². The van der Waals surface area contributed by atoms with Gasteiger partial charge >= 0.3 is 0 Å². The van der Waals surface area contributed by atoms with Gasteiger partial charge in [-0.1, -0.05) is 23.2 Å². The van der Waals surface area contributed by atoms with Crippen LogP contribution >= 0.6 is 23.2 Å². The fourth-order valence-electron chi connectivity index (χ4n) is 1.14. The number of benzene rings is 1. The average molecular weight is 262 g/mol. The molecular formula is C11H13Cl2NO2. The van der Waals surface area contributed by atoms with Gasteiger partial charge in [0.15, 0.2) is 0 Å². The number of carbonyl (C=O) groups excluding carboxylic acids is 1. The topological polar surface area (TPSA) is 49.3 Å². The molecule has 0 heterocycles. The molecule has 1 rings (SSSR count). The summed E-state index contributed by atoms with van der Waals surface area (Å²) in [5.74, 6) is -0.176. The Labute approximate surface area is 104 Å². The van der Waals surface area contributed by atoms with Crippen molar-refractivity contribution in [2.45, 2.75) is 25.9 Å². The van der Waals surface area contributed by atoms with Gasteiger partial charge in [0.1, 0.15) is 0 Å². The Morgan fingerprint density at radius 3 is 2.75 bits per heavy atom. The van der Waals surface area contributed by atoms with E-state index in [4.69, 9.17) is 28.3 Å². The molecule has 0 fully saturated rings. The van der Waals surface area contributed by atoms with Gasteiger partial charge in [-0.15, -0.1) is 0 Å². The third kappa shape index (κ3) is 4.39. The second kappa shape index (κ2) is 6.09. The Kier molecular flexibility index (Phi) is 5.06. The summed E-state index contributed by atoms with van der Waals surface area (Å²) < 4.78 is 0. The summed E-state index contributed by atoms with van der Waals surface area (Å²) in [4.78, 5) is 11.4. The number of amides is 1. The Balaban J connectivity index is 2.56. The maximum Gasteiger partial charge on any atom is 0.224 e. The van der Waals surface area contributed by atoms with Crippen LogP contribution < -0.4 is 5.32 Å². The fourth-order valence-corrected chi connectivity index (χ4v) is 1.60. The largest absolute Gasteiger partial charge is 0.393 e. The Morgan fingerprint density at radius 1 is 1.50 bits per heavy atom. The quantitative estimate of drug-likeness (QED) is 0.875. The number of halogens is 2. The number of rotatable bonds is 4. The molecule has 3 nitrogen and oxygen atoms in total. The Morgan fingerprint density at radius 2 is 2.19 bits per heavy atom. The lowest BCUT2D eigenvalue weighted by Crippen LogP contribution is -2.14. The lowest BCUT2D eigenvalue weighted by atomic mass is 10.2. The minimum Gasteiger partial charge on any atom is -0.393 e. The predicted molar refractivity (Wildman–Crippen MR) is 66.0 cm³/mol. The molecule has 0 saturated carbocycles. The first-order chi connectivity index (χ1) is 7.49. The van der Waals surface area contributed by atoms with Gasteiger partial charge in [0.25, 0.3) is 0 Å². The molecule has 1 atom stereocenters. The van der Waals surface area contributed by atoms with Crippen molar-refractivity contribution in [1.82, 2.24) is 0 Å². The number of anilines is 1. The maximum atomic E-state index is 11.4. The normalized spacial score (nSPS) is 12.2. The number of hydrogen-bond acceptors (Lipinski definition) is 2. The number of aliphatic hydroxyl groups excluding tert-OH is 1. The summed E-state index contributed by atoms with van der Waals surface area (Å²) in [6.45, 7) is 1.64. The summed E-state index contributed by atoms with van der Waals surface area (Å²) in [7, 11) is 0. The summed E-state index contributed by atoms with van der Waals surface area (Å²) in [6, 6.07) is 4.86. The van der Waals surface area contributed by atoms with Crippen molar-refractivity contribution >= 4 is 34.8 Å². The maximum absolute atomic E-state index is 11.4. The van der Waals surface area contributed by atoms with E-state index in [0.717, 1.165) is 0 Å². The van der Waals surface area contributed by atoms with E-state index in [1.807, 2.05) is 0 Å². The third-order valence-corrected chi connectivity index (χ3v) is 2.54. The van der Waals surface area contributed by atoms with Crippen molar-refractivity contribution < 1.29 is 9.90 Å². The van der Waals surface area contributed by atoms with Crippen molar-refractivity contribution in [3.63, 3.8) is 0 Å². The van der Waals surface area contributed by atoms with Gasteiger partial charge < -0.3 is 10.4 Å². The van der Waals surface area contributed by atoms with Gasteiger partial charge in [-0.05, 0) is 31.5 Å². The van der Waals surface area contributed by atoms with E-state index in [-0.39, 0.29) is 12.3 Å². The molecule has 0 spiro atoms. The molecule has 0 radical (unpaired) electrons. The molecular weight excluding hydrogens is 249 g/mol. The Hall–Kier alpha value is -0.770. The lowest BCUT2D eigenvalue weighted by Gasteiger charge is -2.08. The Bertz CT molecular complexity index is 380. The average Bonchev–Trinajstić information content (AvgIpc) is 2.19. The van der Waals surface area contributed by atoms with Crippen molar-refractivity contribution in [1.29, 1.82) is 0 Å². The first-order valence-electron chi connectivity index (χ1n) is 4.92. The zero-order chi connectivity index (χ0) is 12.1. The standard InChI is InChI=1S/C11H13Cl2NO2/c1-7(15)2-5-11(16)14-10-4-3-8(12)6-9(10)13/h3-4,6-7,15H,2,5H2,1H3,(H,14,16). The summed E-state index contributed by atoms with van der Waals surface area (Å²) >= 11 is 11.6. The van der Waals surface area contributed by atoms with E-state index in [1.165, 1.54) is 0 Å². The van der Waals surface area contributed by atoms with Crippen LogP contribution in [0.2, 0.25) is 10.0 Å². The van der Waals surface area contributed by atoms with Gasteiger partial charge in [0.2, 0.25) is 5.91 Å². The van der Waals surface area contributed by atoms with Crippen LogP contribution in [-0.4, -0.2) is 17.1 Å². The molecule has 0 bridgehead atoms. The molecule has 1 unspecified atom stereocenters. The molecule has 0 aliphatic carbocycles. The van der Waals surface area contributed by atoms with Crippen LogP contribution in [0.4, 0.5) is 5.69 Å². The fraction of sp³-hybridized carbons (Fsp3) is 0.364. The molecule has 0 aliphatic rings. The molecule has 5 heteroatoms. The van der Waals surface area contributed by atoms with E-state index < -0.39 is 6.10 Å². The van der Waals surface area contributed by atoms with Gasteiger partial charge in [-0.3, -0.25) is 4.79 Å². The number of aliphatic hydroxyl groups is 1. The minimum absolute atomic E-state index is 0.176. The smallest absolute Gasteiger partial charge is 0.224 e. The highest BCUT2D eigenvalue weighted by Crippen LogP contribution is 2.25. The van der Waals surface area contributed by atoms with Gasteiger partial charge in [-0.25, -0.2) is 0 Å². The van der Waals surface area contributed by atoms with E-state index in [0.29, 0.717) is 22.2 Å². The molecule has 0 aliphatic heterocycles. The van der Waals surface area contributed by atoms with E-state index >= 15 is 0 Å². The third-order valence-electron chi connectivity index (χ3n) is 1.99. The highest BCUT2D eigenvalue weighted by molar-refractivity contribution is 6.36. The van der Waals surface area contributed by atoms with Gasteiger partial charge in [0, 0.05) is 11.4 Å². The van der Waals surface area contributed by atoms with E-state index in [9.17, 15) is 4.79 Å². The summed E-state index contributed by atoms with van der Waals surface area (Å²) in [6.07, 6.45) is 0.208. The zero-order valence-corrected chi connectivity index (χ0v) is 10.3.